The summed E-state index contributed by atoms with van der Waals surface area (Å²) in [5.41, 5.74) is 4.30. The first-order valence-electron chi connectivity index (χ1n) is 12.2. The van der Waals surface area contributed by atoms with Gasteiger partial charge in [0, 0.05) is 41.7 Å². The highest BCUT2D eigenvalue weighted by Crippen LogP contribution is 2.31. The predicted molar refractivity (Wildman–Crippen MR) is 139 cm³/mol. The van der Waals surface area contributed by atoms with Gasteiger partial charge in [-0.2, -0.15) is 13.2 Å². The Kier molecular flexibility index (Phi) is 7.10. The van der Waals surface area contributed by atoms with Gasteiger partial charge in [0.05, 0.1) is 23.1 Å². The number of benzene rings is 1. The molecule has 1 amide bonds. The fourth-order valence-corrected chi connectivity index (χ4v) is 4.18. The van der Waals surface area contributed by atoms with Gasteiger partial charge in [-0.05, 0) is 67.4 Å². The molecule has 1 aromatic carbocycles. The van der Waals surface area contributed by atoms with Crippen LogP contribution in [0.1, 0.15) is 63.9 Å². The van der Waals surface area contributed by atoms with Crippen molar-refractivity contribution in [1.29, 1.82) is 0 Å². The monoisotopic (exact) mass is 531 g/mol. The molecule has 5 rings (SSSR count). The van der Waals surface area contributed by atoms with Crippen molar-refractivity contribution >= 4 is 11.6 Å². The molecule has 7 nitrogen and oxygen atoms in total. The summed E-state index contributed by atoms with van der Waals surface area (Å²) in [5, 5.41) is 7.12. The maximum atomic E-state index is 13.3. The van der Waals surface area contributed by atoms with Gasteiger partial charge in [-0.1, -0.05) is 23.4 Å². The van der Waals surface area contributed by atoms with Crippen LogP contribution in [0.3, 0.4) is 0 Å². The number of carbonyl (C=O) groups excluding carboxylic acids is 1. The highest BCUT2D eigenvalue weighted by Gasteiger charge is 2.32. The van der Waals surface area contributed by atoms with Crippen molar-refractivity contribution in [1.82, 2.24) is 20.3 Å². The Bertz CT molecular complexity index is 1510. The van der Waals surface area contributed by atoms with Crippen molar-refractivity contribution in [3.8, 4) is 11.3 Å². The number of hydrogen-bond acceptors (Lipinski definition) is 6. The molecular weight excluding hydrogens is 507 g/mol. The molecule has 0 bridgehead atoms. The molecule has 1 N–H and O–H groups in total. The molecule has 1 aliphatic rings. The zero-order valence-corrected chi connectivity index (χ0v) is 21.1. The maximum absolute atomic E-state index is 13.3. The van der Waals surface area contributed by atoms with E-state index in [2.05, 4.69) is 25.4 Å². The summed E-state index contributed by atoms with van der Waals surface area (Å²) < 4.78 is 38.6. The Morgan fingerprint density at radius 2 is 1.82 bits per heavy atom. The number of carbonyl (C=O) groups is 1. The highest BCUT2D eigenvalue weighted by atomic mass is 19.4. The molecule has 0 radical (unpaired) electrons. The third kappa shape index (κ3) is 5.95. The van der Waals surface area contributed by atoms with Crippen molar-refractivity contribution in [3.05, 3.63) is 113 Å². The molecule has 0 saturated carbocycles. The lowest BCUT2D eigenvalue weighted by Crippen LogP contribution is -2.27. The van der Waals surface area contributed by atoms with E-state index in [0.717, 1.165) is 23.5 Å². The number of halogens is 3. The van der Waals surface area contributed by atoms with E-state index in [1.807, 2.05) is 43.3 Å². The van der Waals surface area contributed by atoms with Gasteiger partial charge in [-0.15, -0.1) is 0 Å². The lowest BCUT2D eigenvalue weighted by Gasteiger charge is -2.16. The Hall–Kier alpha value is -4.60. The minimum atomic E-state index is -4.53. The molecule has 39 heavy (non-hydrogen) atoms. The summed E-state index contributed by atoms with van der Waals surface area (Å²) in [6.45, 7) is 3.62. The lowest BCUT2D eigenvalue weighted by molar-refractivity contribution is -0.141. The zero-order chi connectivity index (χ0) is 27.6. The Morgan fingerprint density at radius 1 is 1.00 bits per heavy atom. The number of nitrogens with one attached hydrogen (secondary N) is 1. The van der Waals surface area contributed by atoms with E-state index >= 15 is 0 Å². The highest BCUT2D eigenvalue weighted by molar-refractivity contribution is 6.05. The molecule has 10 heteroatoms. The van der Waals surface area contributed by atoms with Gasteiger partial charge in [0.15, 0.2) is 6.10 Å². The number of rotatable bonds is 6. The molecule has 1 aliphatic heterocycles. The van der Waals surface area contributed by atoms with Crippen LogP contribution in [0.15, 0.2) is 84.4 Å². The fourth-order valence-electron chi connectivity index (χ4n) is 4.18. The first kappa shape index (κ1) is 26.0. The standard InChI is InChI=1S/C29H24F3N5O2/c1-17-6-8-23(34-15-17)20-11-21(25-14-26(39-37-25)24-5-3-4-10-33-24)13-22(12-20)28(38)36-18(2)19-7-9-27(35-16-19)29(30,31)32/h3-13,15-16,18,26H,14H2,1-2H3,(H,36,38)/t18-,26+/m1/s1. The van der Waals surface area contributed by atoms with E-state index in [1.54, 1.807) is 31.5 Å². The van der Waals surface area contributed by atoms with Crippen LogP contribution in [-0.4, -0.2) is 26.6 Å². The number of amides is 1. The van der Waals surface area contributed by atoms with Gasteiger partial charge < -0.3 is 10.2 Å². The zero-order valence-electron chi connectivity index (χ0n) is 21.1. The molecule has 2 atom stereocenters. The van der Waals surface area contributed by atoms with E-state index in [0.29, 0.717) is 40.1 Å². The van der Waals surface area contributed by atoms with Crippen molar-refractivity contribution in [2.45, 2.75) is 38.6 Å². The topological polar surface area (TPSA) is 89.4 Å². The molecule has 4 aromatic rings. The second kappa shape index (κ2) is 10.6. The summed E-state index contributed by atoms with van der Waals surface area (Å²) in [6.07, 6.45) is 0.149. The summed E-state index contributed by atoms with van der Waals surface area (Å²) in [4.78, 5) is 31.3. The Labute approximate surface area is 222 Å². The van der Waals surface area contributed by atoms with E-state index in [9.17, 15) is 18.0 Å². The van der Waals surface area contributed by atoms with Crippen molar-refractivity contribution in [2.75, 3.05) is 0 Å². The van der Waals surface area contributed by atoms with Crippen molar-refractivity contribution < 1.29 is 22.8 Å². The third-order valence-corrected chi connectivity index (χ3v) is 6.35. The quantitative estimate of drug-likeness (QED) is 0.319. The van der Waals surface area contributed by atoms with E-state index in [4.69, 9.17) is 4.84 Å². The van der Waals surface area contributed by atoms with E-state index in [1.165, 1.54) is 6.07 Å². The van der Waals surface area contributed by atoms with Crippen LogP contribution in [0.4, 0.5) is 13.2 Å². The fraction of sp³-hybridized carbons (Fsp3) is 0.207. The van der Waals surface area contributed by atoms with Crippen LogP contribution >= 0.6 is 0 Å². The van der Waals surface area contributed by atoms with Gasteiger partial charge in [-0.25, -0.2) is 0 Å². The van der Waals surface area contributed by atoms with Gasteiger partial charge in [0.1, 0.15) is 5.69 Å². The number of pyridine rings is 3. The summed E-state index contributed by atoms with van der Waals surface area (Å²) >= 11 is 0. The van der Waals surface area contributed by atoms with Crippen LogP contribution in [0.25, 0.3) is 11.3 Å². The Morgan fingerprint density at radius 3 is 2.49 bits per heavy atom. The van der Waals surface area contributed by atoms with Crippen LogP contribution in [0.2, 0.25) is 0 Å². The molecule has 0 unspecified atom stereocenters. The second-order valence-corrected chi connectivity index (χ2v) is 9.28. The van der Waals surface area contributed by atoms with Gasteiger partial charge in [0.2, 0.25) is 0 Å². The Balaban J connectivity index is 1.42. The summed E-state index contributed by atoms with van der Waals surface area (Å²) in [5.74, 6) is -0.404. The normalized spacial score (nSPS) is 15.8. The second-order valence-electron chi connectivity index (χ2n) is 9.28. The average molecular weight is 532 g/mol. The predicted octanol–water partition coefficient (Wildman–Crippen LogP) is 6.22. The summed E-state index contributed by atoms with van der Waals surface area (Å²) in [6, 6.07) is 16.3. The van der Waals surface area contributed by atoms with Crippen molar-refractivity contribution in [3.63, 3.8) is 0 Å². The van der Waals surface area contributed by atoms with Crippen LogP contribution < -0.4 is 5.32 Å². The lowest BCUT2D eigenvalue weighted by atomic mass is 9.96. The minimum Gasteiger partial charge on any atom is -0.385 e. The smallest absolute Gasteiger partial charge is 0.385 e. The molecule has 0 saturated heterocycles. The molecule has 198 valence electrons. The third-order valence-electron chi connectivity index (χ3n) is 6.35. The van der Waals surface area contributed by atoms with Crippen LogP contribution in [0.5, 0.6) is 0 Å². The largest absolute Gasteiger partial charge is 0.433 e. The first-order valence-corrected chi connectivity index (χ1v) is 12.2. The first-order chi connectivity index (χ1) is 18.7. The summed E-state index contributed by atoms with van der Waals surface area (Å²) in [7, 11) is 0. The van der Waals surface area contributed by atoms with Crippen molar-refractivity contribution in [2.24, 2.45) is 5.16 Å². The number of oxime groups is 1. The number of alkyl halides is 3. The van der Waals surface area contributed by atoms with E-state index < -0.39 is 23.8 Å². The number of nitrogens with zero attached hydrogens (tertiary/aromatic N) is 4. The molecule has 0 spiro atoms. The average Bonchev–Trinajstić information content (AvgIpc) is 3.44. The molecule has 0 aliphatic carbocycles. The van der Waals surface area contributed by atoms with Crippen LogP contribution in [0, 0.1) is 6.92 Å². The molecule has 4 heterocycles. The molecular formula is C29H24F3N5O2. The molecule has 3 aromatic heterocycles. The SMILES string of the molecule is Cc1ccc(-c2cc(C(=O)N[C@H](C)c3ccc(C(F)(F)F)nc3)cc(C3=NO[C@H](c4ccccn4)C3)c2)nc1. The number of aryl methyl sites for hydroxylation is 1. The van der Waals surface area contributed by atoms with Gasteiger partial charge >= 0.3 is 6.18 Å². The van der Waals surface area contributed by atoms with Gasteiger partial charge in [-0.3, -0.25) is 19.7 Å². The van der Waals surface area contributed by atoms with E-state index in [-0.39, 0.29) is 6.10 Å². The number of aromatic nitrogens is 3. The minimum absolute atomic E-state index is 0.341. The number of hydrogen-bond donors (Lipinski definition) is 1. The maximum Gasteiger partial charge on any atom is 0.433 e. The van der Waals surface area contributed by atoms with Gasteiger partial charge in [0.25, 0.3) is 5.91 Å². The van der Waals surface area contributed by atoms with Crippen LogP contribution in [-0.2, 0) is 11.0 Å². The molecule has 0 fully saturated rings.